The van der Waals surface area contributed by atoms with Crippen LogP contribution in [0.15, 0.2) is 67.0 Å². The molecule has 4 aromatic rings. The molecule has 0 saturated heterocycles. The summed E-state index contributed by atoms with van der Waals surface area (Å²) in [6, 6.07) is 17.0. The molecule has 0 saturated carbocycles. The Balaban J connectivity index is 1.33. The fraction of sp³-hybridized carbons (Fsp3) is 0.200. The highest BCUT2D eigenvalue weighted by Crippen LogP contribution is 2.27. The number of carbonyl (C=O) groups is 2. The van der Waals surface area contributed by atoms with Crippen LogP contribution in [-0.4, -0.2) is 53.8 Å². The van der Waals surface area contributed by atoms with Gasteiger partial charge in [-0.05, 0) is 30.2 Å². The first-order valence-electron chi connectivity index (χ1n) is 10.6. The fourth-order valence-corrected chi connectivity index (χ4v) is 3.51. The minimum Gasteiger partial charge on any atom is -0.493 e. The topological polar surface area (TPSA) is 104 Å². The van der Waals surface area contributed by atoms with E-state index >= 15 is 0 Å². The van der Waals surface area contributed by atoms with Gasteiger partial charge in [0.2, 0.25) is 0 Å². The summed E-state index contributed by atoms with van der Waals surface area (Å²) in [7, 11) is 3.14. The van der Waals surface area contributed by atoms with Crippen molar-refractivity contribution in [1.82, 2.24) is 19.9 Å². The Labute approximate surface area is 196 Å². The number of nitrogens with one attached hydrogen (secondary N) is 1. The third-order valence-corrected chi connectivity index (χ3v) is 5.21. The largest absolute Gasteiger partial charge is 0.493 e. The summed E-state index contributed by atoms with van der Waals surface area (Å²) in [4.78, 5) is 29.0. The van der Waals surface area contributed by atoms with Gasteiger partial charge in [-0.25, -0.2) is 14.3 Å². The first-order valence-corrected chi connectivity index (χ1v) is 10.6. The number of ether oxygens (including phenoxy) is 3. The number of rotatable bonds is 9. The van der Waals surface area contributed by atoms with Crippen LogP contribution in [0, 0.1) is 0 Å². The van der Waals surface area contributed by atoms with Crippen molar-refractivity contribution in [3.8, 4) is 22.8 Å². The predicted octanol–water partition coefficient (Wildman–Crippen LogP) is 2.93. The lowest BCUT2D eigenvalue weighted by molar-refractivity contribution is -0.124. The van der Waals surface area contributed by atoms with Crippen molar-refractivity contribution < 1.29 is 23.8 Å². The molecule has 0 aliphatic heterocycles. The number of carbonyl (C=O) groups excluding carboxylic acids is 2. The van der Waals surface area contributed by atoms with Crippen LogP contribution >= 0.6 is 0 Å². The highest BCUT2D eigenvalue weighted by molar-refractivity contribution is 5.97. The Morgan fingerprint density at radius 2 is 1.79 bits per heavy atom. The van der Waals surface area contributed by atoms with E-state index in [0.29, 0.717) is 30.1 Å². The van der Waals surface area contributed by atoms with Gasteiger partial charge in [0.25, 0.3) is 5.91 Å². The summed E-state index contributed by atoms with van der Waals surface area (Å²) in [5.41, 5.74) is 3.25. The van der Waals surface area contributed by atoms with Crippen LogP contribution in [0.3, 0.4) is 0 Å². The third-order valence-electron chi connectivity index (χ3n) is 5.21. The van der Waals surface area contributed by atoms with Gasteiger partial charge in [0, 0.05) is 18.3 Å². The number of benzene rings is 2. The van der Waals surface area contributed by atoms with Gasteiger partial charge in [0.05, 0.1) is 26.1 Å². The number of aromatic nitrogens is 3. The van der Waals surface area contributed by atoms with E-state index in [-0.39, 0.29) is 5.56 Å². The van der Waals surface area contributed by atoms with Crippen molar-refractivity contribution in [3.05, 3.63) is 78.1 Å². The molecule has 0 aliphatic carbocycles. The Bertz CT molecular complexity index is 1300. The van der Waals surface area contributed by atoms with E-state index in [2.05, 4.69) is 15.4 Å². The van der Waals surface area contributed by atoms with Gasteiger partial charge in [-0.3, -0.25) is 4.79 Å². The number of hydrogen-bond donors (Lipinski definition) is 1. The Kier molecular flexibility index (Phi) is 7.02. The molecule has 0 radical (unpaired) electrons. The predicted molar refractivity (Wildman–Crippen MR) is 125 cm³/mol. The van der Waals surface area contributed by atoms with Crippen LogP contribution in [0.4, 0.5) is 0 Å². The number of amides is 1. The summed E-state index contributed by atoms with van der Waals surface area (Å²) in [6.07, 6.45) is 3.59. The average Bonchev–Trinajstić information content (AvgIpc) is 3.32. The second kappa shape index (κ2) is 10.5. The lowest BCUT2D eigenvalue weighted by Crippen LogP contribution is -2.30. The monoisotopic (exact) mass is 460 g/mol. The summed E-state index contributed by atoms with van der Waals surface area (Å²) in [6.45, 7) is -0.0228. The average molecular weight is 460 g/mol. The lowest BCUT2D eigenvalue weighted by atomic mass is 10.1. The van der Waals surface area contributed by atoms with Crippen molar-refractivity contribution >= 4 is 17.5 Å². The van der Waals surface area contributed by atoms with Crippen LogP contribution in [-0.2, 0) is 16.0 Å². The number of nitrogens with zero attached hydrogens (tertiary/aromatic N) is 3. The molecule has 0 aliphatic rings. The van der Waals surface area contributed by atoms with Gasteiger partial charge in [0.1, 0.15) is 5.56 Å². The van der Waals surface area contributed by atoms with Crippen LogP contribution < -0.4 is 14.8 Å². The summed E-state index contributed by atoms with van der Waals surface area (Å²) in [5.74, 6) is 0.198. The molecule has 2 aromatic heterocycles. The molecule has 0 fully saturated rings. The van der Waals surface area contributed by atoms with E-state index in [4.69, 9.17) is 14.2 Å². The molecule has 0 spiro atoms. The van der Waals surface area contributed by atoms with Crippen LogP contribution in [0.2, 0.25) is 0 Å². The normalized spacial score (nSPS) is 10.6. The third kappa shape index (κ3) is 4.98. The Hall–Kier alpha value is -4.40. The molecule has 9 heteroatoms. The molecule has 1 N–H and O–H groups in total. The van der Waals surface area contributed by atoms with E-state index in [1.165, 1.54) is 6.20 Å². The van der Waals surface area contributed by atoms with Gasteiger partial charge in [-0.15, -0.1) is 0 Å². The summed E-state index contributed by atoms with van der Waals surface area (Å²) < 4.78 is 17.3. The smallest absolute Gasteiger partial charge is 0.344 e. The van der Waals surface area contributed by atoms with Gasteiger partial charge in [0.15, 0.2) is 23.8 Å². The molecular formula is C25H24N4O5. The van der Waals surface area contributed by atoms with Crippen molar-refractivity contribution in [2.75, 3.05) is 27.4 Å². The number of methoxy groups -OCH3 is 2. The van der Waals surface area contributed by atoms with E-state index < -0.39 is 18.5 Å². The van der Waals surface area contributed by atoms with Crippen molar-refractivity contribution in [2.24, 2.45) is 0 Å². The zero-order valence-corrected chi connectivity index (χ0v) is 18.9. The highest BCUT2D eigenvalue weighted by Gasteiger charge is 2.18. The summed E-state index contributed by atoms with van der Waals surface area (Å²) >= 11 is 0. The quantitative estimate of drug-likeness (QED) is 0.383. The van der Waals surface area contributed by atoms with E-state index in [0.717, 1.165) is 16.8 Å². The SMILES string of the molecule is COc1ccc(CCNC(=O)COC(=O)c2cnn3c(-c4ccccc4)ccnc23)cc1OC. The van der Waals surface area contributed by atoms with Gasteiger partial charge < -0.3 is 19.5 Å². The first kappa shape index (κ1) is 22.8. The molecule has 2 aromatic carbocycles. The summed E-state index contributed by atoms with van der Waals surface area (Å²) in [5, 5.41) is 7.03. The second-order valence-electron chi connectivity index (χ2n) is 7.36. The van der Waals surface area contributed by atoms with Gasteiger partial charge in [-0.1, -0.05) is 36.4 Å². The number of hydrogen-bond acceptors (Lipinski definition) is 7. The van der Waals surface area contributed by atoms with Crippen molar-refractivity contribution in [3.63, 3.8) is 0 Å². The van der Waals surface area contributed by atoms with Crippen LogP contribution in [0.25, 0.3) is 16.9 Å². The molecule has 4 rings (SSSR count). The molecule has 2 heterocycles. The maximum atomic E-state index is 12.6. The first-order chi connectivity index (χ1) is 16.6. The second-order valence-corrected chi connectivity index (χ2v) is 7.36. The van der Waals surface area contributed by atoms with Gasteiger partial charge >= 0.3 is 5.97 Å². The molecule has 9 nitrogen and oxygen atoms in total. The zero-order valence-electron chi connectivity index (χ0n) is 18.9. The zero-order chi connectivity index (χ0) is 23.9. The molecule has 0 bridgehead atoms. The molecule has 1 amide bonds. The maximum Gasteiger partial charge on any atom is 0.344 e. The number of esters is 1. The molecule has 0 atom stereocenters. The molecular weight excluding hydrogens is 436 g/mol. The van der Waals surface area contributed by atoms with Crippen molar-refractivity contribution in [1.29, 1.82) is 0 Å². The van der Waals surface area contributed by atoms with E-state index in [9.17, 15) is 9.59 Å². The lowest BCUT2D eigenvalue weighted by Gasteiger charge is -2.10. The van der Waals surface area contributed by atoms with Crippen molar-refractivity contribution in [2.45, 2.75) is 6.42 Å². The standard InChI is InChI=1S/C25H24N4O5/c1-32-21-9-8-17(14-22(21)33-2)10-12-26-23(30)16-34-25(31)19-15-28-29-20(11-13-27-24(19)29)18-6-4-3-5-7-18/h3-9,11,13-15H,10,12,16H2,1-2H3,(H,26,30). The van der Waals surface area contributed by atoms with E-state index in [1.807, 2.05) is 54.6 Å². The fourth-order valence-electron chi connectivity index (χ4n) is 3.51. The van der Waals surface area contributed by atoms with E-state index in [1.54, 1.807) is 24.9 Å². The minimum atomic E-state index is -0.664. The molecule has 34 heavy (non-hydrogen) atoms. The van der Waals surface area contributed by atoms with Crippen LogP contribution in [0.1, 0.15) is 15.9 Å². The maximum absolute atomic E-state index is 12.6. The Morgan fingerprint density at radius 3 is 2.56 bits per heavy atom. The van der Waals surface area contributed by atoms with Crippen LogP contribution in [0.5, 0.6) is 11.5 Å². The highest BCUT2D eigenvalue weighted by atomic mass is 16.5. The Morgan fingerprint density at radius 1 is 1.00 bits per heavy atom. The minimum absolute atomic E-state index is 0.191. The number of fused-ring (bicyclic) bond motifs is 1. The molecule has 174 valence electrons. The van der Waals surface area contributed by atoms with Gasteiger partial charge in [-0.2, -0.15) is 5.10 Å². The molecule has 0 unspecified atom stereocenters.